The summed E-state index contributed by atoms with van der Waals surface area (Å²) < 4.78 is 4.92. The minimum Gasteiger partial charge on any atom is -0.364 e. The van der Waals surface area contributed by atoms with Crippen LogP contribution in [0.15, 0.2) is 21.8 Å². The molecule has 1 atom stereocenters. The maximum Gasteiger partial charge on any atom is 0.193 e. The summed E-state index contributed by atoms with van der Waals surface area (Å²) in [6, 6.07) is 2.56. The predicted molar refractivity (Wildman–Crippen MR) is 96.5 cm³/mol. The fraction of sp³-hybridized carbons (Fsp3) is 0.765. The highest BCUT2D eigenvalue weighted by atomic mass is 16.5. The number of piperazine rings is 4. The molecule has 5 rings (SSSR count). The molecule has 138 valence electrons. The van der Waals surface area contributed by atoms with Crippen LogP contribution in [-0.2, 0) is 6.54 Å². The van der Waals surface area contributed by atoms with Crippen LogP contribution in [0.25, 0.3) is 0 Å². The highest BCUT2D eigenvalue weighted by molar-refractivity contribution is 5.80. The van der Waals surface area contributed by atoms with Crippen molar-refractivity contribution in [2.75, 3.05) is 72.5 Å². The second-order valence-corrected chi connectivity index (χ2v) is 7.17. The molecule has 8 heteroatoms. The molecule has 1 unspecified atom stereocenters. The number of hydrogen-bond acceptors (Lipinski definition) is 6. The largest absolute Gasteiger partial charge is 0.364 e. The Morgan fingerprint density at radius 1 is 1.20 bits per heavy atom. The molecule has 4 saturated heterocycles. The van der Waals surface area contributed by atoms with Gasteiger partial charge in [0, 0.05) is 91.1 Å². The molecule has 4 fully saturated rings. The lowest BCUT2D eigenvalue weighted by Gasteiger charge is -2.47. The molecule has 1 N–H and O–H groups in total. The summed E-state index contributed by atoms with van der Waals surface area (Å²) in [4.78, 5) is 14.5. The zero-order valence-electron chi connectivity index (χ0n) is 15.1. The van der Waals surface area contributed by atoms with Crippen molar-refractivity contribution in [1.29, 1.82) is 0 Å². The molecule has 0 spiro atoms. The second kappa shape index (κ2) is 7.72. The zero-order chi connectivity index (χ0) is 17.1. The van der Waals surface area contributed by atoms with Gasteiger partial charge in [0.15, 0.2) is 5.96 Å². The van der Waals surface area contributed by atoms with E-state index in [1.165, 1.54) is 32.7 Å². The van der Waals surface area contributed by atoms with Crippen molar-refractivity contribution >= 4 is 5.96 Å². The molecule has 0 aliphatic carbocycles. The van der Waals surface area contributed by atoms with Crippen molar-refractivity contribution in [2.45, 2.75) is 12.6 Å². The van der Waals surface area contributed by atoms with Crippen molar-refractivity contribution in [3.63, 3.8) is 0 Å². The van der Waals surface area contributed by atoms with E-state index < -0.39 is 0 Å². The van der Waals surface area contributed by atoms with Gasteiger partial charge in [-0.15, -0.1) is 0 Å². The minimum absolute atomic E-state index is 0.618. The Morgan fingerprint density at radius 3 is 2.60 bits per heavy atom. The van der Waals surface area contributed by atoms with E-state index >= 15 is 0 Å². The third-order valence-electron chi connectivity index (χ3n) is 5.65. The number of aliphatic imine (C=N–C) groups is 1. The van der Waals surface area contributed by atoms with Crippen molar-refractivity contribution in [2.24, 2.45) is 4.99 Å². The maximum absolute atomic E-state index is 4.92. The van der Waals surface area contributed by atoms with Crippen LogP contribution in [0.5, 0.6) is 0 Å². The number of fused-ring (bicyclic) bond motifs is 3. The van der Waals surface area contributed by atoms with Gasteiger partial charge < -0.3 is 14.7 Å². The third kappa shape index (κ3) is 3.96. The summed E-state index contributed by atoms with van der Waals surface area (Å²) in [5, 5.41) is 7.62. The number of hydrogen-bond donors (Lipinski definition) is 1. The van der Waals surface area contributed by atoms with Crippen LogP contribution in [0.4, 0.5) is 0 Å². The second-order valence-electron chi connectivity index (χ2n) is 7.17. The summed E-state index contributed by atoms with van der Waals surface area (Å²) in [5.41, 5.74) is 1.01. The number of rotatable bonds is 4. The Labute approximate surface area is 149 Å². The van der Waals surface area contributed by atoms with E-state index in [1.54, 1.807) is 6.26 Å². The lowest BCUT2D eigenvalue weighted by atomic mass is 10.1. The van der Waals surface area contributed by atoms with Gasteiger partial charge in [0.2, 0.25) is 0 Å². The van der Waals surface area contributed by atoms with Gasteiger partial charge in [0.05, 0.1) is 5.69 Å². The Morgan fingerprint density at radius 2 is 2.00 bits per heavy atom. The van der Waals surface area contributed by atoms with Gasteiger partial charge >= 0.3 is 0 Å². The van der Waals surface area contributed by atoms with Gasteiger partial charge in [0.1, 0.15) is 6.26 Å². The van der Waals surface area contributed by atoms with Gasteiger partial charge in [-0.25, -0.2) is 0 Å². The van der Waals surface area contributed by atoms with E-state index in [2.05, 4.69) is 35.1 Å². The smallest absolute Gasteiger partial charge is 0.193 e. The van der Waals surface area contributed by atoms with Crippen LogP contribution in [0.1, 0.15) is 5.69 Å². The van der Waals surface area contributed by atoms with Crippen molar-refractivity contribution < 1.29 is 4.52 Å². The molecule has 5 heterocycles. The average molecular weight is 347 g/mol. The molecule has 4 aliphatic heterocycles. The van der Waals surface area contributed by atoms with Crippen LogP contribution >= 0.6 is 0 Å². The number of guanidine groups is 1. The maximum atomic E-state index is 4.92. The molecule has 4 aliphatic rings. The molecule has 8 nitrogen and oxygen atoms in total. The van der Waals surface area contributed by atoms with Crippen molar-refractivity contribution in [3.05, 3.63) is 18.0 Å². The first-order valence-corrected chi connectivity index (χ1v) is 9.35. The van der Waals surface area contributed by atoms with E-state index in [1.807, 2.05) is 13.1 Å². The molecule has 1 aromatic rings. The van der Waals surface area contributed by atoms with Crippen LogP contribution in [0.3, 0.4) is 0 Å². The average Bonchev–Trinajstić information content (AvgIpc) is 3.17. The fourth-order valence-corrected chi connectivity index (χ4v) is 4.13. The van der Waals surface area contributed by atoms with Gasteiger partial charge in [-0.1, -0.05) is 5.16 Å². The normalized spacial score (nSPS) is 30.7. The Hall–Kier alpha value is -1.64. The van der Waals surface area contributed by atoms with Crippen LogP contribution in [0.2, 0.25) is 0 Å². The van der Waals surface area contributed by atoms with E-state index in [-0.39, 0.29) is 0 Å². The highest BCUT2D eigenvalue weighted by Crippen LogP contribution is 2.15. The topological polar surface area (TPSA) is 63.4 Å². The summed E-state index contributed by atoms with van der Waals surface area (Å²) in [6.45, 7) is 12.0. The SMILES string of the molecule is CN=C(NCC1CN2CCN1CC2)N1CCN(Cc2ccon2)CC1. The van der Waals surface area contributed by atoms with Crippen LogP contribution in [0, 0.1) is 0 Å². The summed E-state index contributed by atoms with van der Waals surface area (Å²) in [6.07, 6.45) is 1.64. The first-order valence-electron chi connectivity index (χ1n) is 9.35. The van der Waals surface area contributed by atoms with Gasteiger partial charge in [-0.2, -0.15) is 0 Å². The van der Waals surface area contributed by atoms with Crippen molar-refractivity contribution in [1.82, 2.24) is 30.1 Å². The zero-order valence-corrected chi connectivity index (χ0v) is 15.1. The Balaban J connectivity index is 1.23. The minimum atomic E-state index is 0.618. The summed E-state index contributed by atoms with van der Waals surface area (Å²) in [7, 11) is 1.89. The van der Waals surface area contributed by atoms with E-state index in [0.717, 1.165) is 50.9 Å². The standard InChI is InChI=1S/C17H29N7O/c1-18-17(19-12-16-14-22-3-7-23(16)8-4-22)24-9-5-21(6-10-24)13-15-2-11-25-20-15/h2,11,16H,3-10,12-14H2,1H3,(H,18,19). The number of nitrogens with zero attached hydrogens (tertiary/aromatic N) is 6. The summed E-state index contributed by atoms with van der Waals surface area (Å²) in [5.74, 6) is 1.04. The van der Waals surface area contributed by atoms with Gasteiger partial charge in [0.25, 0.3) is 0 Å². The van der Waals surface area contributed by atoms with E-state index in [9.17, 15) is 0 Å². The molecule has 1 aromatic heterocycles. The first kappa shape index (κ1) is 16.8. The Kier molecular flexibility index (Phi) is 5.19. The molecule has 0 saturated carbocycles. The highest BCUT2D eigenvalue weighted by Gasteiger charge is 2.32. The lowest BCUT2D eigenvalue weighted by Crippen LogP contribution is -2.64. The summed E-state index contributed by atoms with van der Waals surface area (Å²) >= 11 is 0. The molecular formula is C17H29N7O. The number of nitrogens with one attached hydrogen (secondary N) is 1. The van der Waals surface area contributed by atoms with Crippen LogP contribution in [-0.4, -0.2) is 109 Å². The molecular weight excluding hydrogens is 318 g/mol. The Bertz CT molecular complexity index is 560. The van der Waals surface area contributed by atoms with Gasteiger partial charge in [-0.05, 0) is 0 Å². The molecule has 0 radical (unpaired) electrons. The molecule has 0 aromatic carbocycles. The predicted octanol–water partition coefficient (Wildman–Crippen LogP) is -0.633. The molecule has 25 heavy (non-hydrogen) atoms. The monoisotopic (exact) mass is 347 g/mol. The fourth-order valence-electron chi connectivity index (χ4n) is 4.13. The van der Waals surface area contributed by atoms with Crippen LogP contribution < -0.4 is 5.32 Å². The number of aromatic nitrogens is 1. The quantitative estimate of drug-likeness (QED) is 0.575. The van der Waals surface area contributed by atoms with Gasteiger partial charge in [-0.3, -0.25) is 19.7 Å². The first-order chi connectivity index (χ1) is 12.3. The van der Waals surface area contributed by atoms with E-state index in [4.69, 9.17) is 4.52 Å². The third-order valence-corrected chi connectivity index (χ3v) is 5.65. The lowest BCUT2D eigenvalue weighted by molar-refractivity contribution is 0.0151. The van der Waals surface area contributed by atoms with Crippen molar-refractivity contribution in [3.8, 4) is 0 Å². The molecule has 2 bridgehead atoms. The molecule has 0 amide bonds. The van der Waals surface area contributed by atoms with E-state index in [0.29, 0.717) is 6.04 Å².